The number of hydrogen-bond donors (Lipinski definition) is 3. The lowest BCUT2D eigenvalue weighted by Gasteiger charge is -2.18. The van der Waals surface area contributed by atoms with Crippen LogP contribution in [0.1, 0.15) is 18.4 Å². The second-order valence-electron chi connectivity index (χ2n) is 7.84. The van der Waals surface area contributed by atoms with E-state index in [0.29, 0.717) is 24.6 Å². The van der Waals surface area contributed by atoms with Crippen LogP contribution in [0.25, 0.3) is 16.7 Å². The quantitative estimate of drug-likeness (QED) is 0.365. The first-order chi connectivity index (χ1) is 16.5. The number of benzene rings is 1. The summed E-state index contributed by atoms with van der Waals surface area (Å²) >= 11 is 0. The molecule has 176 valence electrons. The van der Waals surface area contributed by atoms with Crippen LogP contribution < -0.4 is 16.4 Å². The molecule has 0 atom stereocenters. The molecule has 1 amide bonds. The van der Waals surface area contributed by atoms with Gasteiger partial charge in [-0.1, -0.05) is 6.58 Å². The molecule has 0 unspecified atom stereocenters. The van der Waals surface area contributed by atoms with Gasteiger partial charge in [0, 0.05) is 42.9 Å². The van der Waals surface area contributed by atoms with Gasteiger partial charge in [0.25, 0.3) is 0 Å². The van der Waals surface area contributed by atoms with Crippen LogP contribution in [0.4, 0.5) is 16.0 Å². The molecule has 0 radical (unpaired) electrons. The number of aliphatic imine (C=N–C) groups is 1. The Balaban J connectivity index is 1.61. The maximum atomic E-state index is 14.8. The van der Waals surface area contributed by atoms with E-state index in [1.54, 1.807) is 29.1 Å². The van der Waals surface area contributed by atoms with Crippen LogP contribution >= 0.6 is 0 Å². The van der Waals surface area contributed by atoms with Crippen LogP contribution in [0.15, 0.2) is 60.1 Å². The van der Waals surface area contributed by atoms with E-state index in [0.717, 1.165) is 35.5 Å². The molecule has 1 aliphatic heterocycles. The summed E-state index contributed by atoms with van der Waals surface area (Å²) in [5, 5.41) is 6.57. The van der Waals surface area contributed by atoms with E-state index in [2.05, 4.69) is 32.2 Å². The molecule has 34 heavy (non-hydrogen) atoms. The molecule has 1 fully saturated rings. The Morgan fingerprint density at radius 2 is 2.15 bits per heavy atom. The minimum Gasteiger partial charge on any atom is -0.403 e. The smallest absolute Gasteiger partial charge is 0.247 e. The van der Waals surface area contributed by atoms with E-state index in [4.69, 9.17) is 10.5 Å². The molecule has 3 aromatic rings. The summed E-state index contributed by atoms with van der Waals surface area (Å²) < 4.78 is 21.8. The highest BCUT2D eigenvalue weighted by atomic mass is 19.1. The maximum Gasteiger partial charge on any atom is 0.247 e. The van der Waals surface area contributed by atoms with Crippen molar-refractivity contribution in [3.8, 4) is 5.82 Å². The molecule has 4 rings (SSSR count). The van der Waals surface area contributed by atoms with Gasteiger partial charge in [-0.05, 0) is 49.6 Å². The van der Waals surface area contributed by atoms with E-state index in [1.807, 2.05) is 13.0 Å². The average molecular weight is 464 g/mol. The standard InChI is InChI=1S/C24H26FN7O2/c1-3-22(33)29-17-4-5-21-19(10-17)15(2)14-32(21)23-20(25)13-28-24(31-23)30-18(11-26)12-27-16-6-8-34-9-7-16/h3-5,10-14,16H,1,6-9,26H2,2H3,(H,29,33)(H,28,30,31)/b18-11+,27-12?. The van der Waals surface area contributed by atoms with Gasteiger partial charge < -0.3 is 21.1 Å². The number of ether oxygens (including phenoxy) is 1. The third-order valence-corrected chi connectivity index (χ3v) is 5.46. The number of fused-ring (bicyclic) bond motifs is 1. The number of rotatable bonds is 7. The third-order valence-electron chi connectivity index (χ3n) is 5.46. The lowest BCUT2D eigenvalue weighted by atomic mass is 10.1. The van der Waals surface area contributed by atoms with Crippen LogP contribution in [-0.2, 0) is 9.53 Å². The van der Waals surface area contributed by atoms with Crippen LogP contribution in [0.2, 0.25) is 0 Å². The molecule has 4 N–H and O–H groups in total. The Morgan fingerprint density at radius 3 is 2.88 bits per heavy atom. The van der Waals surface area contributed by atoms with E-state index >= 15 is 0 Å². The summed E-state index contributed by atoms with van der Waals surface area (Å²) in [7, 11) is 0. The highest BCUT2D eigenvalue weighted by molar-refractivity contribution is 6.00. The Hall–Kier alpha value is -4.05. The lowest BCUT2D eigenvalue weighted by molar-refractivity contribution is -0.111. The van der Waals surface area contributed by atoms with Gasteiger partial charge >= 0.3 is 0 Å². The van der Waals surface area contributed by atoms with Crippen LogP contribution in [-0.4, -0.2) is 45.9 Å². The largest absolute Gasteiger partial charge is 0.403 e. The minimum atomic E-state index is -0.583. The number of aryl methyl sites for hydroxylation is 1. The number of halogens is 1. The van der Waals surface area contributed by atoms with Gasteiger partial charge in [-0.3, -0.25) is 14.4 Å². The van der Waals surface area contributed by atoms with E-state index in [-0.39, 0.29) is 23.7 Å². The minimum absolute atomic E-state index is 0.0798. The number of aromatic nitrogens is 3. The molecule has 3 heterocycles. The number of allylic oxidation sites excluding steroid dienone is 1. The Labute approximate surface area is 196 Å². The first-order valence-electron chi connectivity index (χ1n) is 10.9. The zero-order valence-electron chi connectivity index (χ0n) is 18.8. The highest BCUT2D eigenvalue weighted by Gasteiger charge is 2.15. The number of anilines is 2. The molecular formula is C24H26FN7O2. The average Bonchev–Trinajstić information content (AvgIpc) is 3.18. The number of carbonyl (C=O) groups is 1. The predicted molar refractivity (Wildman–Crippen MR) is 131 cm³/mol. The lowest BCUT2D eigenvalue weighted by Crippen LogP contribution is -2.19. The summed E-state index contributed by atoms with van der Waals surface area (Å²) in [5.41, 5.74) is 8.48. The second-order valence-corrected chi connectivity index (χ2v) is 7.84. The molecule has 0 spiro atoms. The molecule has 0 saturated carbocycles. The first kappa shape index (κ1) is 23.1. The fourth-order valence-corrected chi connectivity index (χ4v) is 3.69. The summed E-state index contributed by atoms with van der Waals surface area (Å²) in [6, 6.07) is 5.52. The number of nitrogens with one attached hydrogen (secondary N) is 2. The van der Waals surface area contributed by atoms with E-state index in [9.17, 15) is 9.18 Å². The molecule has 0 bridgehead atoms. The molecule has 1 aromatic carbocycles. The maximum absolute atomic E-state index is 14.8. The molecule has 10 heteroatoms. The normalized spacial score (nSPS) is 15.1. The Kier molecular flexibility index (Phi) is 6.98. The van der Waals surface area contributed by atoms with Crippen LogP contribution in [0.5, 0.6) is 0 Å². The van der Waals surface area contributed by atoms with Gasteiger partial charge in [-0.2, -0.15) is 4.98 Å². The zero-order valence-corrected chi connectivity index (χ0v) is 18.8. The zero-order chi connectivity index (χ0) is 24.1. The fraction of sp³-hybridized carbons (Fsp3) is 0.250. The van der Waals surface area contributed by atoms with Crippen molar-refractivity contribution in [1.29, 1.82) is 0 Å². The predicted octanol–water partition coefficient (Wildman–Crippen LogP) is 3.45. The van der Waals surface area contributed by atoms with Gasteiger partial charge in [-0.15, -0.1) is 0 Å². The number of amides is 1. The molecule has 1 saturated heterocycles. The van der Waals surface area contributed by atoms with Crippen LogP contribution in [0.3, 0.4) is 0 Å². The second kappa shape index (κ2) is 10.3. The number of carbonyl (C=O) groups excluding carboxylic acids is 1. The Morgan fingerprint density at radius 1 is 1.35 bits per heavy atom. The molecule has 9 nitrogen and oxygen atoms in total. The summed E-state index contributed by atoms with van der Waals surface area (Å²) in [6.45, 7) is 6.74. The van der Waals surface area contributed by atoms with Gasteiger partial charge in [-0.25, -0.2) is 9.37 Å². The van der Waals surface area contributed by atoms with Crippen molar-refractivity contribution < 1.29 is 13.9 Å². The summed E-state index contributed by atoms with van der Waals surface area (Å²) in [5.74, 6) is -0.629. The van der Waals surface area contributed by atoms with Crippen molar-refractivity contribution in [1.82, 2.24) is 14.5 Å². The van der Waals surface area contributed by atoms with Gasteiger partial charge in [0.15, 0.2) is 11.6 Å². The van der Waals surface area contributed by atoms with Crippen molar-refractivity contribution in [3.63, 3.8) is 0 Å². The SMILES string of the molecule is C=CC(=O)Nc1ccc2c(c1)c(C)cn2-c1nc(N/C(C=NC2CCOCC2)=C/N)ncc1F. The molecular weight excluding hydrogens is 437 g/mol. The Bertz CT molecular complexity index is 1280. The number of nitrogens with zero attached hydrogens (tertiary/aromatic N) is 4. The fourth-order valence-electron chi connectivity index (χ4n) is 3.69. The summed E-state index contributed by atoms with van der Waals surface area (Å²) in [4.78, 5) is 24.6. The number of hydrogen-bond acceptors (Lipinski definition) is 7. The molecule has 1 aliphatic rings. The van der Waals surface area contributed by atoms with Gasteiger partial charge in [0.1, 0.15) is 0 Å². The van der Waals surface area contributed by atoms with Crippen molar-refractivity contribution in [2.75, 3.05) is 23.8 Å². The van der Waals surface area contributed by atoms with E-state index < -0.39 is 5.82 Å². The highest BCUT2D eigenvalue weighted by Crippen LogP contribution is 2.28. The van der Waals surface area contributed by atoms with Crippen molar-refractivity contribution in [2.24, 2.45) is 10.7 Å². The first-order valence-corrected chi connectivity index (χ1v) is 10.9. The molecule has 2 aromatic heterocycles. The summed E-state index contributed by atoms with van der Waals surface area (Å²) in [6.07, 6.45) is 8.79. The van der Waals surface area contributed by atoms with Crippen molar-refractivity contribution in [2.45, 2.75) is 25.8 Å². The third kappa shape index (κ3) is 5.12. The van der Waals surface area contributed by atoms with Gasteiger partial charge in [0.05, 0.1) is 23.5 Å². The number of nitrogens with two attached hydrogens (primary N) is 1. The molecule has 0 aliphatic carbocycles. The topological polar surface area (TPSA) is 119 Å². The monoisotopic (exact) mass is 463 g/mol. The van der Waals surface area contributed by atoms with Crippen molar-refractivity contribution >= 4 is 34.7 Å². The van der Waals surface area contributed by atoms with Crippen molar-refractivity contribution in [3.05, 3.63) is 66.5 Å². The van der Waals surface area contributed by atoms with Crippen LogP contribution in [0, 0.1) is 12.7 Å². The van der Waals surface area contributed by atoms with E-state index in [1.165, 1.54) is 12.3 Å². The van der Waals surface area contributed by atoms with Gasteiger partial charge in [0.2, 0.25) is 11.9 Å².